The van der Waals surface area contributed by atoms with Crippen LogP contribution in [0.25, 0.3) is 10.9 Å². The van der Waals surface area contributed by atoms with Gasteiger partial charge in [0.15, 0.2) is 0 Å². The molecule has 0 spiro atoms. The average Bonchev–Trinajstić information content (AvgIpc) is 2.51. The first kappa shape index (κ1) is 8.26. The highest BCUT2D eigenvalue weighted by atomic mass is 19.1. The molecule has 13 heavy (non-hydrogen) atoms. The van der Waals surface area contributed by atoms with Gasteiger partial charge in [0.05, 0.1) is 5.52 Å². The van der Waals surface area contributed by atoms with E-state index in [1.807, 2.05) is 22.9 Å². The van der Waals surface area contributed by atoms with Crippen molar-refractivity contribution in [3.63, 3.8) is 0 Å². The molecule has 0 amide bonds. The third-order valence-electron chi connectivity index (χ3n) is 2.11. The van der Waals surface area contributed by atoms with Gasteiger partial charge >= 0.3 is 0 Å². The fourth-order valence-corrected chi connectivity index (χ4v) is 1.54. The summed E-state index contributed by atoms with van der Waals surface area (Å²) in [5.74, 6) is -0.184. The van der Waals surface area contributed by atoms with Crippen LogP contribution in [0.1, 0.15) is 0 Å². The summed E-state index contributed by atoms with van der Waals surface area (Å²) in [6, 6.07) is 6.97. The molecule has 0 unspecified atom stereocenters. The molecule has 0 bridgehead atoms. The van der Waals surface area contributed by atoms with Gasteiger partial charge in [0.1, 0.15) is 5.82 Å². The van der Waals surface area contributed by atoms with E-state index in [0.717, 1.165) is 5.39 Å². The van der Waals surface area contributed by atoms with Crippen molar-refractivity contribution in [2.24, 2.45) is 5.73 Å². The minimum atomic E-state index is -0.184. The molecule has 0 atom stereocenters. The van der Waals surface area contributed by atoms with Crippen molar-refractivity contribution in [1.29, 1.82) is 0 Å². The molecule has 0 saturated heterocycles. The first-order valence-corrected chi connectivity index (χ1v) is 4.26. The van der Waals surface area contributed by atoms with E-state index in [9.17, 15) is 4.39 Å². The topological polar surface area (TPSA) is 30.9 Å². The number of fused-ring (bicyclic) bond motifs is 1. The van der Waals surface area contributed by atoms with Crippen LogP contribution in [-0.2, 0) is 6.54 Å². The second-order valence-electron chi connectivity index (χ2n) is 2.98. The summed E-state index contributed by atoms with van der Waals surface area (Å²) in [6.45, 7) is 1.18. The monoisotopic (exact) mass is 178 g/mol. The summed E-state index contributed by atoms with van der Waals surface area (Å²) in [7, 11) is 0. The van der Waals surface area contributed by atoms with Crippen molar-refractivity contribution in [1.82, 2.24) is 4.57 Å². The average molecular weight is 178 g/mol. The van der Waals surface area contributed by atoms with Crippen molar-refractivity contribution >= 4 is 10.9 Å². The molecule has 2 aromatic rings. The molecule has 2 rings (SSSR count). The van der Waals surface area contributed by atoms with E-state index in [1.54, 1.807) is 6.07 Å². The van der Waals surface area contributed by atoms with Crippen LogP contribution >= 0.6 is 0 Å². The summed E-state index contributed by atoms with van der Waals surface area (Å²) in [5.41, 5.74) is 6.06. The van der Waals surface area contributed by atoms with Gasteiger partial charge in [-0.3, -0.25) is 0 Å². The second-order valence-corrected chi connectivity index (χ2v) is 2.98. The maximum atomic E-state index is 13.3. The number of rotatable bonds is 2. The molecule has 0 radical (unpaired) electrons. The summed E-state index contributed by atoms with van der Waals surface area (Å²) in [6.07, 6.45) is 1.86. The van der Waals surface area contributed by atoms with E-state index < -0.39 is 0 Å². The van der Waals surface area contributed by atoms with E-state index in [-0.39, 0.29) is 5.82 Å². The highest BCUT2D eigenvalue weighted by molar-refractivity contribution is 5.80. The van der Waals surface area contributed by atoms with E-state index in [4.69, 9.17) is 5.73 Å². The predicted octanol–water partition coefficient (Wildman–Crippen LogP) is 1.74. The number of hydrogen-bond acceptors (Lipinski definition) is 1. The highest BCUT2D eigenvalue weighted by Gasteiger charge is 2.04. The normalized spacial score (nSPS) is 10.9. The molecule has 2 N–H and O–H groups in total. The SMILES string of the molecule is NCCn1ccc2cccc(F)c21. The van der Waals surface area contributed by atoms with Gasteiger partial charge in [-0.05, 0) is 12.1 Å². The molecular weight excluding hydrogens is 167 g/mol. The van der Waals surface area contributed by atoms with E-state index in [2.05, 4.69) is 0 Å². The van der Waals surface area contributed by atoms with Crippen molar-refractivity contribution in [3.05, 3.63) is 36.3 Å². The van der Waals surface area contributed by atoms with Crippen LogP contribution in [0, 0.1) is 5.82 Å². The molecule has 0 fully saturated rings. The second kappa shape index (κ2) is 3.18. The molecule has 68 valence electrons. The van der Waals surface area contributed by atoms with Gasteiger partial charge in [-0.1, -0.05) is 12.1 Å². The summed E-state index contributed by atoms with van der Waals surface area (Å²) < 4.78 is 15.2. The fourth-order valence-electron chi connectivity index (χ4n) is 1.54. The van der Waals surface area contributed by atoms with E-state index in [0.29, 0.717) is 18.6 Å². The quantitative estimate of drug-likeness (QED) is 0.746. The lowest BCUT2D eigenvalue weighted by Crippen LogP contribution is -2.09. The molecule has 2 nitrogen and oxygen atoms in total. The van der Waals surface area contributed by atoms with Gasteiger partial charge in [0.25, 0.3) is 0 Å². The van der Waals surface area contributed by atoms with E-state index >= 15 is 0 Å². The van der Waals surface area contributed by atoms with Gasteiger partial charge in [0, 0.05) is 24.7 Å². The molecule has 0 saturated carbocycles. The lowest BCUT2D eigenvalue weighted by atomic mass is 10.2. The Morgan fingerprint density at radius 2 is 2.15 bits per heavy atom. The zero-order valence-electron chi connectivity index (χ0n) is 7.20. The van der Waals surface area contributed by atoms with Crippen LogP contribution in [-0.4, -0.2) is 11.1 Å². The molecule has 1 heterocycles. The third-order valence-corrected chi connectivity index (χ3v) is 2.11. The lowest BCUT2D eigenvalue weighted by Gasteiger charge is -2.02. The zero-order valence-corrected chi connectivity index (χ0v) is 7.20. The molecule has 1 aromatic carbocycles. The number of halogens is 1. The number of hydrogen-bond donors (Lipinski definition) is 1. The first-order valence-electron chi connectivity index (χ1n) is 4.26. The summed E-state index contributed by atoms with van der Waals surface area (Å²) >= 11 is 0. The molecule has 0 aliphatic rings. The number of nitrogens with zero attached hydrogens (tertiary/aromatic N) is 1. The predicted molar refractivity (Wildman–Crippen MR) is 51.0 cm³/mol. The Kier molecular flexibility index (Phi) is 2.02. The first-order chi connectivity index (χ1) is 6.33. The third kappa shape index (κ3) is 1.31. The van der Waals surface area contributed by atoms with Crippen LogP contribution < -0.4 is 5.73 Å². The van der Waals surface area contributed by atoms with Gasteiger partial charge < -0.3 is 10.3 Å². The van der Waals surface area contributed by atoms with Crippen molar-refractivity contribution < 1.29 is 4.39 Å². The maximum Gasteiger partial charge on any atom is 0.147 e. The van der Waals surface area contributed by atoms with Gasteiger partial charge in [-0.25, -0.2) is 4.39 Å². The van der Waals surface area contributed by atoms with E-state index in [1.165, 1.54) is 6.07 Å². The Labute approximate surface area is 75.8 Å². The fraction of sp³-hybridized carbons (Fsp3) is 0.200. The van der Waals surface area contributed by atoms with Gasteiger partial charge in [0.2, 0.25) is 0 Å². The minimum Gasteiger partial charge on any atom is -0.344 e. The molecule has 1 aromatic heterocycles. The maximum absolute atomic E-state index is 13.3. The molecular formula is C10H11FN2. The van der Waals surface area contributed by atoms with Crippen LogP contribution in [0.3, 0.4) is 0 Å². The number of nitrogens with two attached hydrogens (primary N) is 1. The van der Waals surface area contributed by atoms with Crippen molar-refractivity contribution in [2.75, 3.05) is 6.54 Å². The van der Waals surface area contributed by atoms with Crippen molar-refractivity contribution in [3.8, 4) is 0 Å². The Morgan fingerprint density at radius 3 is 2.92 bits per heavy atom. The highest BCUT2D eigenvalue weighted by Crippen LogP contribution is 2.18. The Balaban J connectivity index is 2.64. The molecule has 0 aliphatic carbocycles. The van der Waals surface area contributed by atoms with Crippen LogP contribution in [0.15, 0.2) is 30.5 Å². The summed E-state index contributed by atoms with van der Waals surface area (Å²) in [5, 5.41) is 0.924. The smallest absolute Gasteiger partial charge is 0.147 e. The standard InChI is InChI=1S/C10H11FN2/c11-9-3-1-2-8-4-6-13(7-5-12)10(8)9/h1-4,6H,5,7,12H2. The van der Waals surface area contributed by atoms with Crippen molar-refractivity contribution in [2.45, 2.75) is 6.54 Å². The number of benzene rings is 1. The largest absolute Gasteiger partial charge is 0.344 e. The molecule has 3 heteroatoms. The summed E-state index contributed by atoms with van der Waals surface area (Å²) in [4.78, 5) is 0. The lowest BCUT2D eigenvalue weighted by molar-refractivity contribution is 0.622. The zero-order chi connectivity index (χ0) is 9.26. The Bertz CT molecular complexity index is 420. The van der Waals surface area contributed by atoms with Gasteiger partial charge in [-0.2, -0.15) is 0 Å². The number of para-hydroxylation sites is 1. The Hall–Kier alpha value is -1.35. The van der Waals surface area contributed by atoms with Crippen LogP contribution in [0.4, 0.5) is 4.39 Å². The number of aromatic nitrogens is 1. The van der Waals surface area contributed by atoms with Crippen LogP contribution in [0.2, 0.25) is 0 Å². The van der Waals surface area contributed by atoms with Crippen LogP contribution in [0.5, 0.6) is 0 Å². The minimum absolute atomic E-state index is 0.184. The Morgan fingerprint density at radius 1 is 1.31 bits per heavy atom. The molecule has 0 aliphatic heterocycles. The van der Waals surface area contributed by atoms with Gasteiger partial charge in [-0.15, -0.1) is 0 Å².